The Kier molecular flexibility index (Phi) is 4.40. The van der Waals surface area contributed by atoms with Crippen molar-refractivity contribution in [1.29, 1.82) is 5.26 Å². The van der Waals surface area contributed by atoms with Crippen LogP contribution in [0.4, 0.5) is 14.5 Å². The summed E-state index contributed by atoms with van der Waals surface area (Å²) >= 11 is 0. The summed E-state index contributed by atoms with van der Waals surface area (Å²) < 4.78 is 48.3. The third kappa shape index (κ3) is 3.14. The van der Waals surface area contributed by atoms with Gasteiger partial charge in [-0.3, -0.25) is 4.31 Å². The lowest BCUT2D eigenvalue weighted by molar-refractivity contribution is 0.234. The summed E-state index contributed by atoms with van der Waals surface area (Å²) in [4.78, 5) is 0. The number of anilines is 1. The molecular formula is C10H10F2N2O2S. The molecule has 0 fully saturated rings. The lowest BCUT2D eigenvalue weighted by atomic mass is 10.3. The van der Waals surface area contributed by atoms with E-state index in [2.05, 4.69) is 0 Å². The van der Waals surface area contributed by atoms with Crippen molar-refractivity contribution in [3.05, 3.63) is 30.3 Å². The largest absolute Gasteiger partial charge is 0.355 e. The zero-order chi connectivity index (χ0) is 12.9. The highest BCUT2D eigenvalue weighted by Gasteiger charge is 2.31. The lowest BCUT2D eigenvalue weighted by Crippen LogP contribution is -2.36. The first-order chi connectivity index (χ1) is 8.00. The minimum atomic E-state index is -4.72. The van der Waals surface area contributed by atoms with Crippen LogP contribution in [0.5, 0.6) is 0 Å². The third-order valence-corrected chi connectivity index (χ3v) is 3.46. The second-order valence-corrected chi connectivity index (χ2v) is 4.95. The van der Waals surface area contributed by atoms with Gasteiger partial charge in [0.2, 0.25) is 0 Å². The van der Waals surface area contributed by atoms with Crippen molar-refractivity contribution in [2.75, 3.05) is 10.8 Å². The molecule has 0 aliphatic carbocycles. The number of rotatable bonds is 5. The van der Waals surface area contributed by atoms with E-state index in [1.54, 1.807) is 12.1 Å². The summed E-state index contributed by atoms with van der Waals surface area (Å²) in [6.45, 7) is -0.285. The molecule has 0 saturated heterocycles. The molecule has 7 heteroatoms. The number of para-hydroxylation sites is 1. The van der Waals surface area contributed by atoms with Crippen molar-refractivity contribution >= 4 is 15.7 Å². The van der Waals surface area contributed by atoms with E-state index < -0.39 is 15.8 Å². The van der Waals surface area contributed by atoms with Gasteiger partial charge in [0, 0.05) is 6.54 Å². The Bertz CT molecular complexity index is 497. The number of alkyl halides is 2. The van der Waals surface area contributed by atoms with Gasteiger partial charge in [0.05, 0.1) is 18.2 Å². The number of nitrogens with zero attached hydrogens (tertiary/aromatic N) is 2. The van der Waals surface area contributed by atoms with Crippen LogP contribution in [0.2, 0.25) is 0 Å². The third-order valence-electron chi connectivity index (χ3n) is 2.00. The Labute approximate surface area is 98.1 Å². The van der Waals surface area contributed by atoms with Crippen LogP contribution in [0, 0.1) is 11.3 Å². The minimum absolute atomic E-state index is 0.128. The summed E-state index contributed by atoms with van der Waals surface area (Å²) in [5.74, 6) is -3.50. The minimum Gasteiger partial charge on any atom is -0.264 e. The van der Waals surface area contributed by atoms with Gasteiger partial charge in [-0.25, -0.2) is 8.42 Å². The van der Waals surface area contributed by atoms with Crippen LogP contribution in [-0.2, 0) is 10.0 Å². The van der Waals surface area contributed by atoms with Crippen molar-refractivity contribution in [1.82, 2.24) is 0 Å². The van der Waals surface area contributed by atoms with Crippen molar-refractivity contribution < 1.29 is 17.2 Å². The molecule has 0 aliphatic heterocycles. The number of sulfonamides is 1. The SMILES string of the molecule is N#CCCN(c1ccccc1)S(=O)(=O)C(F)F. The number of nitriles is 1. The maximum absolute atomic E-state index is 12.5. The van der Waals surface area contributed by atoms with Crippen molar-refractivity contribution in [3.8, 4) is 6.07 Å². The highest BCUT2D eigenvalue weighted by Crippen LogP contribution is 2.21. The van der Waals surface area contributed by atoms with Crippen LogP contribution in [0.15, 0.2) is 30.3 Å². The summed E-state index contributed by atoms with van der Waals surface area (Å²) in [7, 11) is -4.72. The molecule has 0 N–H and O–H groups in total. The van der Waals surface area contributed by atoms with E-state index in [0.717, 1.165) is 0 Å². The standard InChI is InChI=1S/C10H10F2N2O2S/c11-10(12)17(15,16)14(8-4-7-13)9-5-2-1-3-6-9/h1-3,5-6,10H,4,8H2. The van der Waals surface area contributed by atoms with Gasteiger partial charge >= 0.3 is 5.76 Å². The fraction of sp³-hybridized carbons (Fsp3) is 0.300. The monoisotopic (exact) mass is 260 g/mol. The molecule has 0 aromatic heterocycles. The average molecular weight is 260 g/mol. The maximum atomic E-state index is 12.5. The zero-order valence-corrected chi connectivity index (χ0v) is 9.57. The second-order valence-electron chi connectivity index (χ2n) is 3.12. The molecule has 0 bridgehead atoms. The number of halogens is 2. The molecule has 92 valence electrons. The molecule has 1 rings (SSSR count). The number of benzene rings is 1. The molecular weight excluding hydrogens is 250 g/mol. The highest BCUT2D eigenvalue weighted by molar-refractivity contribution is 7.93. The van der Waals surface area contributed by atoms with Crippen LogP contribution >= 0.6 is 0 Å². The van der Waals surface area contributed by atoms with E-state index in [0.29, 0.717) is 4.31 Å². The van der Waals surface area contributed by atoms with E-state index in [4.69, 9.17) is 5.26 Å². The lowest BCUT2D eigenvalue weighted by Gasteiger charge is -2.22. The van der Waals surface area contributed by atoms with Crippen LogP contribution in [0.1, 0.15) is 6.42 Å². The van der Waals surface area contributed by atoms with E-state index in [1.807, 2.05) is 0 Å². The maximum Gasteiger partial charge on any atom is 0.355 e. The van der Waals surface area contributed by atoms with Crippen LogP contribution in [0.25, 0.3) is 0 Å². The normalized spacial score (nSPS) is 11.2. The van der Waals surface area contributed by atoms with Gasteiger partial charge in [0.1, 0.15) is 0 Å². The molecule has 0 unspecified atom stereocenters. The number of hydrogen-bond acceptors (Lipinski definition) is 3. The Hall–Kier alpha value is -1.68. The Morgan fingerprint density at radius 1 is 1.29 bits per heavy atom. The first kappa shape index (κ1) is 13.4. The van der Waals surface area contributed by atoms with Gasteiger partial charge < -0.3 is 0 Å². The van der Waals surface area contributed by atoms with Gasteiger partial charge in [-0.1, -0.05) is 18.2 Å². The average Bonchev–Trinajstić information content (AvgIpc) is 2.30. The molecule has 0 amide bonds. The molecule has 17 heavy (non-hydrogen) atoms. The summed E-state index contributed by atoms with van der Waals surface area (Å²) in [5.41, 5.74) is 0.128. The predicted octanol–water partition coefficient (Wildman–Crippen LogP) is 1.96. The second kappa shape index (κ2) is 5.59. The molecule has 0 saturated carbocycles. The van der Waals surface area contributed by atoms with Crippen molar-refractivity contribution in [2.45, 2.75) is 12.2 Å². The first-order valence-electron chi connectivity index (χ1n) is 4.72. The fourth-order valence-corrected chi connectivity index (χ4v) is 2.20. The molecule has 1 aromatic carbocycles. The Balaban J connectivity index is 3.10. The predicted molar refractivity (Wildman–Crippen MR) is 58.9 cm³/mol. The zero-order valence-electron chi connectivity index (χ0n) is 8.75. The summed E-state index contributed by atoms with van der Waals surface area (Å²) in [6.07, 6.45) is -0.152. The van der Waals surface area contributed by atoms with Crippen LogP contribution in [-0.4, -0.2) is 20.7 Å². The smallest absolute Gasteiger partial charge is 0.264 e. The van der Waals surface area contributed by atoms with E-state index in [1.165, 1.54) is 24.3 Å². The first-order valence-corrected chi connectivity index (χ1v) is 6.22. The van der Waals surface area contributed by atoms with E-state index in [9.17, 15) is 17.2 Å². The molecule has 0 radical (unpaired) electrons. The fourth-order valence-electron chi connectivity index (χ4n) is 1.25. The Morgan fingerprint density at radius 2 is 1.88 bits per heavy atom. The summed E-state index contributed by atoms with van der Waals surface area (Å²) in [5, 5.41) is 8.41. The van der Waals surface area contributed by atoms with Crippen LogP contribution < -0.4 is 4.31 Å². The van der Waals surface area contributed by atoms with Crippen LogP contribution in [0.3, 0.4) is 0 Å². The van der Waals surface area contributed by atoms with Gasteiger partial charge in [-0.2, -0.15) is 14.0 Å². The molecule has 0 atom stereocenters. The molecule has 0 heterocycles. The van der Waals surface area contributed by atoms with E-state index in [-0.39, 0.29) is 18.7 Å². The number of hydrogen-bond donors (Lipinski definition) is 0. The van der Waals surface area contributed by atoms with Gasteiger partial charge in [-0.15, -0.1) is 0 Å². The highest BCUT2D eigenvalue weighted by atomic mass is 32.2. The quantitative estimate of drug-likeness (QED) is 0.813. The van der Waals surface area contributed by atoms with Gasteiger partial charge in [0.15, 0.2) is 0 Å². The molecule has 4 nitrogen and oxygen atoms in total. The molecule has 1 aromatic rings. The summed E-state index contributed by atoms with van der Waals surface area (Å²) in [6, 6.07) is 9.24. The topological polar surface area (TPSA) is 61.2 Å². The molecule has 0 spiro atoms. The Morgan fingerprint density at radius 3 is 2.35 bits per heavy atom. The van der Waals surface area contributed by atoms with Crippen molar-refractivity contribution in [3.63, 3.8) is 0 Å². The van der Waals surface area contributed by atoms with Gasteiger partial charge in [0.25, 0.3) is 10.0 Å². The van der Waals surface area contributed by atoms with Crippen molar-refractivity contribution in [2.24, 2.45) is 0 Å². The van der Waals surface area contributed by atoms with E-state index >= 15 is 0 Å². The molecule has 0 aliphatic rings. The van der Waals surface area contributed by atoms with Gasteiger partial charge in [-0.05, 0) is 12.1 Å².